The molecule has 0 aromatic heterocycles. The second-order valence-electron chi connectivity index (χ2n) is 7.34. The fourth-order valence-corrected chi connectivity index (χ4v) is 3.09. The molecule has 5 nitrogen and oxygen atoms in total. The number of rotatable bonds is 7. The summed E-state index contributed by atoms with van der Waals surface area (Å²) in [6.45, 7) is 4.34. The zero-order valence-corrected chi connectivity index (χ0v) is 17.5. The molecule has 0 unspecified atom stereocenters. The molecule has 0 aliphatic heterocycles. The van der Waals surface area contributed by atoms with Crippen LogP contribution in [0.1, 0.15) is 40.1 Å². The molecule has 3 aromatic rings. The number of carbonyl (C=O) groups excluding carboxylic acids is 2. The molecule has 0 spiro atoms. The maximum atomic E-state index is 13.0. The topological polar surface area (TPSA) is 58.6 Å². The Morgan fingerprint density at radius 2 is 1.63 bits per heavy atom. The number of hydrogen-bond acceptors (Lipinski definition) is 3. The van der Waals surface area contributed by atoms with Crippen LogP contribution in [0.4, 0.5) is 5.69 Å². The van der Waals surface area contributed by atoms with E-state index in [1.807, 2.05) is 50.2 Å². The average molecular weight is 402 g/mol. The van der Waals surface area contributed by atoms with Crippen LogP contribution in [0.3, 0.4) is 0 Å². The molecule has 0 aliphatic rings. The third-order valence-electron chi connectivity index (χ3n) is 4.48. The summed E-state index contributed by atoms with van der Waals surface area (Å²) in [6.07, 6.45) is 0.0156. The van der Waals surface area contributed by atoms with Crippen LogP contribution in [0.2, 0.25) is 0 Å². The van der Waals surface area contributed by atoms with E-state index >= 15 is 0 Å². The number of ether oxygens (including phenoxy) is 1. The van der Waals surface area contributed by atoms with Crippen LogP contribution in [0, 0.1) is 0 Å². The van der Waals surface area contributed by atoms with Crippen molar-refractivity contribution in [3.63, 3.8) is 0 Å². The van der Waals surface area contributed by atoms with Gasteiger partial charge in [0.1, 0.15) is 5.75 Å². The predicted molar refractivity (Wildman–Crippen MR) is 119 cm³/mol. The first-order valence-corrected chi connectivity index (χ1v) is 9.90. The van der Waals surface area contributed by atoms with E-state index in [9.17, 15) is 9.59 Å². The van der Waals surface area contributed by atoms with Gasteiger partial charge in [0.05, 0.1) is 17.4 Å². The summed E-state index contributed by atoms with van der Waals surface area (Å²) in [6, 6.07) is 23.8. The fourth-order valence-electron chi connectivity index (χ4n) is 3.09. The third-order valence-corrected chi connectivity index (χ3v) is 4.48. The molecule has 0 heterocycles. The Kier molecular flexibility index (Phi) is 6.86. The molecule has 0 fully saturated rings. The highest BCUT2D eigenvalue weighted by molar-refractivity contribution is 6.09. The molecule has 30 heavy (non-hydrogen) atoms. The number of para-hydroxylation sites is 1. The second kappa shape index (κ2) is 9.74. The largest absolute Gasteiger partial charge is 0.491 e. The van der Waals surface area contributed by atoms with Crippen molar-refractivity contribution in [2.75, 3.05) is 12.4 Å². The molecular weight excluding hydrogens is 376 g/mol. The third kappa shape index (κ3) is 5.47. The van der Waals surface area contributed by atoms with Gasteiger partial charge in [-0.1, -0.05) is 48.5 Å². The molecule has 5 heteroatoms. The number of carbonyl (C=O) groups is 2. The van der Waals surface area contributed by atoms with Crippen molar-refractivity contribution in [3.05, 3.63) is 95.6 Å². The number of hydrogen-bond donors (Lipinski definition) is 1. The summed E-state index contributed by atoms with van der Waals surface area (Å²) in [5, 5.41) is 2.87. The lowest BCUT2D eigenvalue weighted by Gasteiger charge is -2.19. The molecule has 154 valence electrons. The number of amides is 2. The Morgan fingerprint density at radius 1 is 0.933 bits per heavy atom. The molecule has 0 bridgehead atoms. The van der Waals surface area contributed by atoms with Crippen molar-refractivity contribution < 1.29 is 14.3 Å². The Labute approximate surface area is 177 Å². The lowest BCUT2D eigenvalue weighted by atomic mass is 10.1. The molecule has 0 atom stereocenters. The van der Waals surface area contributed by atoms with Gasteiger partial charge in [-0.25, -0.2) is 0 Å². The number of nitrogens with one attached hydrogen (secondary N) is 1. The zero-order chi connectivity index (χ0) is 21.5. The standard InChI is InChI=1S/C25H26N2O3/c1-18(2)30-21-13-9-12-20(16-21)24(28)26-23-15-8-7-14-22(23)25(29)27(3)17-19-10-5-4-6-11-19/h4-16,18H,17H2,1-3H3,(H,26,28). The molecule has 3 aromatic carbocycles. The monoisotopic (exact) mass is 402 g/mol. The van der Waals surface area contributed by atoms with E-state index in [-0.39, 0.29) is 17.9 Å². The van der Waals surface area contributed by atoms with Gasteiger partial charge in [-0.3, -0.25) is 9.59 Å². The molecule has 0 radical (unpaired) electrons. The SMILES string of the molecule is CC(C)Oc1cccc(C(=O)Nc2ccccc2C(=O)N(C)Cc2ccccc2)c1. The van der Waals surface area contributed by atoms with Crippen LogP contribution >= 0.6 is 0 Å². The Bertz CT molecular complexity index is 1020. The van der Waals surface area contributed by atoms with Crippen LogP contribution in [0.25, 0.3) is 0 Å². The van der Waals surface area contributed by atoms with Gasteiger partial charge >= 0.3 is 0 Å². The van der Waals surface area contributed by atoms with Crippen molar-refractivity contribution in [2.45, 2.75) is 26.5 Å². The summed E-state index contributed by atoms with van der Waals surface area (Å²) < 4.78 is 5.66. The van der Waals surface area contributed by atoms with Crippen molar-refractivity contribution in [1.82, 2.24) is 4.90 Å². The van der Waals surface area contributed by atoms with Crippen LogP contribution in [0.15, 0.2) is 78.9 Å². The van der Waals surface area contributed by atoms with Gasteiger partial charge < -0.3 is 15.0 Å². The summed E-state index contributed by atoms with van der Waals surface area (Å²) in [5.74, 6) is 0.173. The zero-order valence-electron chi connectivity index (χ0n) is 17.5. The number of benzene rings is 3. The molecule has 2 amide bonds. The molecule has 0 aliphatic carbocycles. The van der Waals surface area contributed by atoms with Gasteiger partial charge in [0.25, 0.3) is 11.8 Å². The molecule has 0 saturated carbocycles. The lowest BCUT2D eigenvalue weighted by Crippen LogP contribution is -2.27. The lowest BCUT2D eigenvalue weighted by molar-refractivity contribution is 0.0786. The first-order valence-electron chi connectivity index (χ1n) is 9.90. The highest BCUT2D eigenvalue weighted by atomic mass is 16.5. The maximum Gasteiger partial charge on any atom is 0.256 e. The minimum atomic E-state index is -0.296. The van der Waals surface area contributed by atoms with E-state index in [1.165, 1.54) is 0 Å². The minimum Gasteiger partial charge on any atom is -0.491 e. The molecule has 3 rings (SSSR count). The Hall–Kier alpha value is -3.60. The van der Waals surface area contributed by atoms with Crippen LogP contribution in [-0.2, 0) is 6.54 Å². The molecular formula is C25H26N2O3. The van der Waals surface area contributed by atoms with E-state index < -0.39 is 0 Å². The molecule has 0 saturated heterocycles. The summed E-state index contributed by atoms with van der Waals surface area (Å²) in [4.78, 5) is 27.5. The van der Waals surface area contributed by atoms with Gasteiger partial charge in [0, 0.05) is 19.2 Å². The normalized spacial score (nSPS) is 10.5. The number of nitrogens with zero attached hydrogens (tertiary/aromatic N) is 1. The highest BCUT2D eigenvalue weighted by Crippen LogP contribution is 2.21. The summed E-state index contributed by atoms with van der Waals surface area (Å²) in [7, 11) is 1.75. The van der Waals surface area contributed by atoms with E-state index in [0.29, 0.717) is 29.1 Å². The van der Waals surface area contributed by atoms with Crippen molar-refractivity contribution in [3.8, 4) is 5.75 Å². The van der Waals surface area contributed by atoms with Crippen LogP contribution in [0.5, 0.6) is 5.75 Å². The van der Waals surface area contributed by atoms with Crippen molar-refractivity contribution >= 4 is 17.5 Å². The average Bonchev–Trinajstić information content (AvgIpc) is 2.74. The Morgan fingerprint density at radius 3 is 2.37 bits per heavy atom. The predicted octanol–water partition coefficient (Wildman–Crippen LogP) is 5.00. The summed E-state index contributed by atoms with van der Waals surface area (Å²) in [5.41, 5.74) is 2.42. The summed E-state index contributed by atoms with van der Waals surface area (Å²) >= 11 is 0. The first kappa shape index (κ1) is 21.1. The van der Waals surface area contributed by atoms with E-state index in [2.05, 4.69) is 5.32 Å². The quantitative estimate of drug-likeness (QED) is 0.605. The van der Waals surface area contributed by atoms with Gasteiger partial charge in [-0.2, -0.15) is 0 Å². The highest BCUT2D eigenvalue weighted by Gasteiger charge is 2.18. The number of anilines is 1. The van der Waals surface area contributed by atoms with Crippen molar-refractivity contribution in [1.29, 1.82) is 0 Å². The van der Waals surface area contributed by atoms with Gasteiger partial charge in [0.15, 0.2) is 0 Å². The fraction of sp³-hybridized carbons (Fsp3) is 0.200. The van der Waals surface area contributed by atoms with E-state index in [1.54, 1.807) is 54.4 Å². The Balaban J connectivity index is 1.76. The molecule has 1 N–H and O–H groups in total. The van der Waals surface area contributed by atoms with Crippen LogP contribution in [-0.4, -0.2) is 29.9 Å². The van der Waals surface area contributed by atoms with Crippen molar-refractivity contribution in [2.24, 2.45) is 0 Å². The van der Waals surface area contributed by atoms with Crippen LogP contribution < -0.4 is 10.1 Å². The van der Waals surface area contributed by atoms with Gasteiger partial charge in [-0.15, -0.1) is 0 Å². The smallest absolute Gasteiger partial charge is 0.256 e. The first-order chi connectivity index (χ1) is 14.4. The van der Waals surface area contributed by atoms with E-state index in [4.69, 9.17) is 4.74 Å². The van der Waals surface area contributed by atoms with Gasteiger partial charge in [0.2, 0.25) is 0 Å². The maximum absolute atomic E-state index is 13.0. The van der Waals surface area contributed by atoms with E-state index in [0.717, 1.165) is 5.56 Å². The van der Waals surface area contributed by atoms with Gasteiger partial charge in [-0.05, 0) is 49.7 Å². The second-order valence-corrected chi connectivity index (χ2v) is 7.34. The minimum absolute atomic E-state index is 0.0156.